The molecule has 0 aromatic heterocycles. The SMILES string of the molecule is COc1cccc(Cl)c1-c1ccc2c(c1)C(c1cccc(C#N)c1)=NCC(=O)N2C. The second-order valence-corrected chi connectivity index (χ2v) is 7.27. The molecule has 1 aliphatic rings. The molecule has 30 heavy (non-hydrogen) atoms. The van der Waals surface area contributed by atoms with Crippen LogP contribution in [0.1, 0.15) is 16.7 Å². The molecular weight excluding hydrogens is 398 g/mol. The first-order valence-electron chi connectivity index (χ1n) is 9.32. The number of anilines is 1. The van der Waals surface area contributed by atoms with Crippen molar-refractivity contribution in [3.8, 4) is 22.9 Å². The molecule has 0 radical (unpaired) electrons. The van der Waals surface area contributed by atoms with Crippen LogP contribution in [0.4, 0.5) is 5.69 Å². The molecule has 1 aliphatic heterocycles. The average Bonchev–Trinajstić information content (AvgIpc) is 2.90. The number of ether oxygens (including phenoxy) is 1. The fourth-order valence-corrected chi connectivity index (χ4v) is 3.86. The van der Waals surface area contributed by atoms with E-state index in [-0.39, 0.29) is 12.5 Å². The minimum absolute atomic E-state index is 0.0298. The molecule has 0 bridgehead atoms. The number of fused-ring (bicyclic) bond motifs is 1. The van der Waals surface area contributed by atoms with Crippen LogP contribution in [0, 0.1) is 11.3 Å². The van der Waals surface area contributed by atoms with Gasteiger partial charge in [0.05, 0.1) is 35.2 Å². The molecule has 0 saturated carbocycles. The first-order valence-corrected chi connectivity index (χ1v) is 9.70. The van der Waals surface area contributed by atoms with Crippen LogP contribution in [0.2, 0.25) is 5.02 Å². The van der Waals surface area contributed by atoms with E-state index < -0.39 is 0 Å². The molecule has 1 amide bonds. The number of hydrogen-bond acceptors (Lipinski definition) is 4. The van der Waals surface area contributed by atoms with E-state index >= 15 is 0 Å². The van der Waals surface area contributed by atoms with Crippen LogP contribution in [-0.4, -0.2) is 32.3 Å². The van der Waals surface area contributed by atoms with Crippen molar-refractivity contribution in [3.05, 3.63) is 82.4 Å². The van der Waals surface area contributed by atoms with Gasteiger partial charge in [-0.15, -0.1) is 0 Å². The first-order chi connectivity index (χ1) is 14.5. The molecule has 6 heteroatoms. The number of nitriles is 1. The zero-order valence-corrected chi connectivity index (χ0v) is 17.3. The van der Waals surface area contributed by atoms with Crippen molar-refractivity contribution >= 4 is 28.9 Å². The third-order valence-electron chi connectivity index (χ3n) is 5.11. The highest BCUT2D eigenvalue weighted by Crippen LogP contribution is 2.39. The lowest BCUT2D eigenvalue weighted by atomic mass is 9.94. The van der Waals surface area contributed by atoms with Crippen molar-refractivity contribution in [1.29, 1.82) is 5.26 Å². The van der Waals surface area contributed by atoms with Gasteiger partial charge in [-0.05, 0) is 42.0 Å². The normalized spacial score (nSPS) is 13.2. The van der Waals surface area contributed by atoms with Crippen molar-refractivity contribution in [2.75, 3.05) is 25.6 Å². The summed E-state index contributed by atoms with van der Waals surface area (Å²) in [5.41, 5.74) is 5.13. The number of amides is 1. The van der Waals surface area contributed by atoms with Gasteiger partial charge in [-0.2, -0.15) is 5.26 Å². The van der Waals surface area contributed by atoms with E-state index in [4.69, 9.17) is 16.3 Å². The number of carbonyl (C=O) groups is 1. The number of rotatable bonds is 3. The first kappa shape index (κ1) is 19.7. The van der Waals surface area contributed by atoms with E-state index in [0.717, 1.165) is 27.9 Å². The number of benzodiazepines with no additional fused rings is 1. The number of aliphatic imine (C=N–C) groups is 1. The maximum absolute atomic E-state index is 12.5. The van der Waals surface area contributed by atoms with E-state index in [2.05, 4.69) is 11.1 Å². The van der Waals surface area contributed by atoms with Crippen molar-refractivity contribution in [2.45, 2.75) is 0 Å². The van der Waals surface area contributed by atoms with E-state index in [9.17, 15) is 10.1 Å². The molecule has 5 nitrogen and oxygen atoms in total. The number of hydrogen-bond donors (Lipinski definition) is 0. The number of carbonyl (C=O) groups excluding carboxylic acids is 1. The number of halogens is 1. The highest BCUT2D eigenvalue weighted by molar-refractivity contribution is 6.33. The Kier molecular flexibility index (Phi) is 5.26. The van der Waals surface area contributed by atoms with Crippen LogP contribution in [0.25, 0.3) is 11.1 Å². The van der Waals surface area contributed by atoms with E-state index in [1.807, 2.05) is 48.5 Å². The predicted octanol–water partition coefficient (Wildman–Crippen LogP) is 4.70. The Labute approximate surface area is 179 Å². The molecule has 0 fully saturated rings. The second kappa shape index (κ2) is 8.02. The predicted molar refractivity (Wildman–Crippen MR) is 119 cm³/mol. The molecule has 0 atom stereocenters. The second-order valence-electron chi connectivity index (χ2n) is 6.86. The molecule has 1 heterocycles. The number of methoxy groups -OCH3 is 1. The van der Waals surface area contributed by atoms with Crippen LogP contribution < -0.4 is 9.64 Å². The molecule has 4 rings (SSSR count). The summed E-state index contributed by atoms with van der Waals surface area (Å²) < 4.78 is 5.51. The Morgan fingerprint density at radius 1 is 1.10 bits per heavy atom. The largest absolute Gasteiger partial charge is 0.496 e. The molecule has 0 spiro atoms. The van der Waals surface area contributed by atoms with Gasteiger partial charge in [-0.1, -0.05) is 35.9 Å². The van der Waals surface area contributed by atoms with Gasteiger partial charge in [-0.25, -0.2) is 0 Å². The topological polar surface area (TPSA) is 65.7 Å². The number of nitrogens with zero attached hydrogens (tertiary/aromatic N) is 3. The monoisotopic (exact) mass is 415 g/mol. The molecule has 0 aliphatic carbocycles. The number of likely N-dealkylation sites (N-methyl/N-ethyl adjacent to an activating group) is 1. The van der Waals surface area contributed by atoms with Gasteiger partial charge in [0, 0.05) is 23.7 Å². The third kappa shape index (κ3) is 3.42. The van der Waals surface area contributed by atoms with E-state index in [1.54, 1.807) is 31.2 Å². The van der Waals surface area contributed by atoms with Gasteiger partial charge < -0.3 is 9.64 Å². The highest BCUT2D eigenvalue weighted by Gasteiger charge is 2.24. The molecule has 3 aromatic carbocycles. The molecule has 3 aromatic rings. The lowest BCUT2D eigenvalue weighted by Gasteiger charge is -2.20. The third-order valence-corrected chi connectivity index (χ3v) is 5.42. The summed E-state index contributed by atoms with van der Waals surface area (Å²) in [5, 5.41) is 9.86. The Balaban J connectivity index is 1.96. The van der Waals surface area contributed by atoms with Crippen LogP contribution in [0.15, 0.2) is 65.7 Å². The fraction of sp³-hybridized carbons (Fsp3) is 0.125. The van der Waals surface area contributed by atoms with Crippen molar-refractivity contribution in [1.82, 2.24) is 0 Å². The minimum atomic E-state index is -0.106. The number of benzene rings is 3. The summed E-state index contributed by atoms with van der Waals surface area (Å²) in [6.45, 7) is 0.0298. The fourth-order valence-electron chi connectivity index (χ4n) is 3.58. The van der Waals surface area contributed by atoms with Gasteiger partial charge in [0.1, 0.15) is 12.3 Å². The van der Waals surface area contributed by atoms with Crippen LogP contribution >= 0.6 is 11.6 Å². The summed E-state index contributed by atoms with van der Waals surface area (Å²) in [5.74, 6) is 0.552. The smallest absolute Gasteiger partial charge is 0.248 e. The quantitative estimate of drug-likeness (QED) is 0.622. The van der Waals surface area contributed by atoms with Gasteiger partial charge in [0.2, 0.25) is 5.91 Å². The van der Waals surface area contributed by atoms with E-state index in [0.29, 0.717) is 22.0 Å². The minimum Gasteiger partial charge on any atom is -0.496 e. The highest BCUT2D eigenvalue weighted by atomic mass is 35.5. The molecule has 0 N–H and O–H groups in total. The summed E-state index contributed by atoms with van der Waals surface area (Å²) >= 11 is 6.49. The molecule has 148 valence electrons. The lowest BCUT2D eigenvalue weighted by molar-refractivity contribution is -0.116. The molecular formula is C24H18ClN3O2. The summed E-state index contributed by atoms with van der Waals surface area (Å²) in [7, 11) is 3.34. The lowest BCUT2D eigenvalue weighted by Crippen LogP contribution is -2.27. The van der Waals surface area contributed by atoms with Crippen LogP contribution in [0.3, 0.4) is 0 Å². The average molecular weight is 416 g/mol. The van der Waals surface area contributed by atoms with Crippen LogP contribution in [-0.2, 0) is 4.79 Å². The van der Waals surface area contributed by atoms with Gasteiger partial charge in [0.15, 0.2) is 0 Å². The van der Waals surface area contributed by atoms with Crippen molar-refractivity contribution < 1.29 is 9.53 Å². The Morgan fingerprint density at radius 2 is 1.90 bits per heavy atom. The Hall–Kier alpha value is -3.62. The van der Waals surface area contributed by atoms with Crippen molar-refractivity contribution in [2.24, 2.45) is 4.99 Å². The van der Waals surface area contributed by atoms with E-state index in [1.165, 1.54) is 0 Å². The Bertz CT molecular complexity index is 1230. The zero-order valence-electron chi connectivity index (χ0n) is 16.5. The summed E-state index contributed by atoms with van der Waals surface area (Å²) in [6.07, 6.45) is 0. The van der Waals surface area contributed by atoms with Gasteiger partial charge in [0.25, 0.3) is 0 Å². The standard InChI is InChI=1S/C24H18ClN3O2/c1-28-20-10-9-16(23-19(25)7-4-8-21(23)30-2)12-18(20)24(27-14-22(28)29)17-6-3-5-15(11-17)13-26/h3-12H,14H2,1-2H3. The molecule has 0 saturated heterocycles. The summed E-state index contributed by atoms with van der Waals surface area (Å²) in [6, 6.07) is 20.7. The maximum atomic E-state index is 12.5. The van der Waals surface area contributed by atoms with Gasteiger partial charge in [-0.3, -0.25) is 9.79 Å². The summed E-state index contributed by atoms with van der Waals surface area (Å²) in [4.78, 5) is 18.7. The maximum Gasteiger partial charge on any atom is 0.248 e. The van der Waals surface area contributed by atoms with Crippen LogP contribution in [0.5, 0.6) is 5.75 Å². The molecule has 0 unspecified atom stereocenters. The zero-order chi connectivity index (χ0) is 21.3. The van der Waals surface area contributed by atoms with Gasteiger partial charge >= 0.3 is 0 Å². The Morgan fingerprint density at radius 3 is 2.67 bits per heavy atom. The van der Waals surface area contributed by atoms with Crippen molar-refractivity contribution in [3.63, 3.8) is 0 Å².